The molecule has 0 atom stereocenters. The zero-order valence-corrected chi connectivity index (χ0v) is 9.96. The molecule has 0 spiro atoms. The van der Waals surface area contributed by atoms with Crippen LogP contribution in [0.5, 0.6) is 5.75 Å². The second-order valence-electron chi connectivity index (χ2n) is 4.35. The summed E-state index contributed by atoms with van der Waals surface area (Å²) in [7, 11) is 1.65. The van der Waals surface area contributed by atoms with Crippen LogP contribution in [-0.2, 0) is 10.3 Å². The van der Waals surface area contributed by atoms with Crippen LogP contribution in [0, 0.1) is 0 Å². The summed E-state index contributed by atoms with van der Waals surface area (Å²) in [6, 6.07) is 3.17. The Morgan fingerprint density at radius 2 is 2.28 bits per heavy atom. The van der Waals surface area contributed by atoms with Gasteiger partial charge in [0.1, 0.15) is 11.4 Å². The number of methoxy groups -OCH3 is 1. The van der Waals surface area contributed by atoms with Gasteiger partial charge in [-0.15, -0.1) is 0 Å². The minimum absolute atomic E-state index is 0.0211. The maximum atomic E-state index is 9.68. The highest BCUT2D eigenvalue weighted by molar-refractivity contribution is 5.56. The third-order valence-corrected chi connectivity index (χ3v) is 3.37. The first kappa shape index (κ1) is 11.2. The minimum atomic E-state index is -0.424. The van der Waals surface area contributed by atoms with Crippen molar-refractivity contribution in [1.82, 2.24) is 15.1 Å². The van der Waals surface area contributed by atoms with Crippen LogP contribution >= 0.6 is 0 Å². The van der Waals surface area contributed by atoms with Crippen LogP contribution in [-0.4, -0.2) is 27.3 Å². The van der Waals surface area contributed by atoms with Crippen LogP contribution in [0.25, 0.3) is 11.6 Å². The van der Waals surface area contributed by atoms with E-state index in [1.54, 1.807) is 19.4 Å². The van der Waals surface area contributed by atoms with Gasteiger partial charge in [0.15, 0.2) is 5.69 Å². The highest BCUT2D eigenvalue weighted by atomic mass is 16.5. The Labute approximate surface area is 104 Å². The van der Waals surface area contributed by atoms with Gasteiger partial charge in [-0.25, -0.2) is 4.98 Å². The summed E-state index contributed by atoms with van der Waals surface area (Å²) in [5, 5.41) is 13.6. The molecule has 1 fully saturated rings. The summed E-state index contributed by atoms with van der Waals surface area (Å²) in [6.45, 7) is 0. The molecule has 3 rings (SSSR count). The van der Waals surface area contributed by atoms with Crippen LogP contribution in [0.15, 0.2) is 22.9 Å². The average molecular weight is 247 g/mol. The normalized spacial score (nSPS) is 17.4. The van der Waals surface area contributed by atoms with E-state index in [1.807, 2.05) is 0 Å². The van der Waals surface area contributed by atoms with Crippen LogP contribution in [0.3, 0.4) is 0 Å². The maximum Gasteiger partial charge on any atom is 0.280 e. The topological polar surface area (TPSA) is 81.3 Å². The molecule has 0 unspecified atom stereocenters. The maximum absolute atomic E-state index is 9.68. The first-order valence-electron chi connectivity index (χ1n) is 5.79. The van der Waals surface area contributed by atoms with Gasteiger partial charge in [0.2, 0.25) is 5.82 Å². The highest BCUT2D eigenvalue weighted by Crippen LogP contribution is 2.43. The summed E-state index contributed by atoms with van der Waals surface area (Å²) < 4.78 is 10.6. The van der Waals surface area contributed by atoms with E-state index >= 15 is 0 Å². The third-order valence-electron chi connectivity index (χ3n) is 3.37. The lowest BCUT2D eigenvalue weighted by Crippen LogP contribution is -2.37. The number of ether oxygens (including phenoxy) is 1. The Balaban J connectivity index is 1.97. The monoisotopic (exact) mass is 247 g/mol. The number of rotatable bonds is 3. The molecule has 0 amide bonds. The Morgan fingerprint density at radius 3 is 2.89 bits per heavy atom. The van der Waals surface area contributed by atoms with Gasteiger partial charge in [-0.2, -0.15) is 4.98 Å². The number of nitrogens with zero attached hydrogens (tertiary/aromatic N) is 3. The summed E-state index contributed by atoms with van der Waals surface area (Å²) in [4.78, 5) is 8.31. The quantitative estimate of drug-likeness (QED) is 0.891. The van der Waals surface area contributed by atoms with Crippen LogP contribution in [0.4, 0.5) is 0 Å². The van der Waals surface area contributed by atoms with Crippen molar-refractivity contribution in [3.8, 4) is 17.3 Å². The Morgan fingerprint density at radius 1 is 1.44 bits per heavy atom. The Kier molecular flexibility index (Phi) is 2.52. The molecule has 1 aliphatic rings. The number of pyridine rings is 1. The van der Waals surface area contributed by atoms with E-state index in [2.05, 4.69) is 15.1 Å². The van der Waals surface area contributed by atoms with E-state index in [-0.39, 0.29) is 11.6 Å². The van der Waals surface area contributed by atoms with Crippen LogP contribution in [0.2, 0.25) is 0 Å². The molecule has 6 nitrogen and oxygen atoms in total. The average Bonchev–Trinajstić information content (AvgIpc) is 2.79. The summed E-state index contributed by atoms with van der Waals surface area (Å²) in [5.41, 5.74) is -0.131. The van der Waals surface area contributed by atoms with Crippen molar-refractivity contribution >= 4 is 0 Å². The van der Waals surface area contributed by atoms with E-state index in [0.29, 0.717) is 11.5 Å². The number of hydrogen-bond acceptors (Lipinski definition) is 6. The SMILES string of the molecule is COC1(c2noc(-c3ncccc3O)n2)CCC1. The fourth-order valence-corrected chi connectivity index (χ4v) is 2.08. The summed E-state index contributed by atoms with van der Waals surface area (Å²) in [6.07, 6.45) is 4.42. The molecule has 1 aliphatic carbocycles. The molecule has 1 N–H and O–H groups in total. The number of aromatic nitrogens is 3. The van der Waals surface area contributed by atoms with E-state index < -0.39 is 5.60 Å². The smallest absolute Gasteiger partial charge is 0.280 e. The number of aromatic hydroxyl groups is 1. The van der Waals surface area contributed by atoms with Gasteiger partial charge in [0, 0.05) is 13.3 Å². The fourth-order valence-electron chi connectivity index (χ4n) is 2.08. The molecule has 2 aromatic heterocycles. The van der Waals surface area contributed by atoms with E-state index in [4.69, 9.17) is 9.26 Å². The molecule has 0 aromatic carbocycles. The molecule has 1 saturated carbocycles. The molecule has 0 radical (unpaired) electrons. The molecular formula is C12H13N3O3. The van der Waals surface area contributed by atoms with Crippen molar-refractivity contribution in [2.75, 3.05) is 7.11 Å². The fraction of sp³-hybridized carbons (Fsp3) is 0.417. The van der Waals surface area contributed by atoms with Crippen molar-refractivity contribution in [2.24, 2.45) is 0 Å². The van der Waals surface area contributed by atoms with E-state index in [9.17, 15) is 5.11 Å². The van der Waals surface area contributed by atoms with Gasteiger partial charge in [-0.3, -0.25) is 0 Å². The van der Waals surface area contributed by atoms with Crippen molar-refractivity contribution in [3.05, 3.63) is 24.2 Å². The molecule has 0 bridgehead atoms. The first-order valence-corrected chi connectivity index (χ1v) is 5.79. The summed E-state index contributed by atoms with van der Waals surface area (Å²) in [5.74, 6) is 0.760. The lowest BCUT2D eigenvalue weighted by Gasteiger charge is -2.37. The van der Waals surface area contributed by atoms with Gasteiger partial charge in [0.25, 0.3) is 5.89 Å². The molecule has 18 heavy (non-hydrogen) atoms. The Bertz CT molecular complexity index is 558. The third kappa shape index (κ3) is 1.57. The second kappa shape index (κ2) is 4.06. The molecule has 94 valence electrons. The standard InChI is InChI=1S/C12H13N3O3/c1-17-12(5-3-6-12)11-14-10(18-15-11)9-8(16)4-2-7-13-9/h2,4,7,16H,3,5-6H2,1H3. The van der Waals surface area contributed by atoms with Crippen molar-refractivity contribution in [3.63, 3.8) is 0 Å². The predicted molar refractivity (Wildman–Crippen MR) is 61.7 cm³/mol. The van der Waals surface area contributed by atoms with Crippen LogP contribution < -0.4 is 0 Å². The summed E-state index contributed by atoms with van der Waals surface area (Å²) >= 11 is 0. The van der Waals surface area contributed by atoms with Crippen molar-refractivity contribution in [2.45, 2.75) is 24.9 Å². The minimum Gasteiger partial charge on any atom is -0.505 e. The molecule has 2 aromatic rings. The molecule has 0 aliphatic heterocycles. The van der Waals surface area contributed by atoms with Gasteiger partial charge in [0.05, 0.1) is 0 Å². The van der Waals surface area contributed by atoms with Crippen molar-refractivity contribution in [1.29, 1.82) is 0 Å². The molecule has 6 heteroatoms. The highest BCUT2D eigenvalue weighted by Gasteiger charge is 2.43. The van der Waals surface area contributed by atoms with Crippen molar-refractivity contribution < 1.29 is 14.4 Å². The van der Waals surface area contributed by atoms with Gasteiger partial charge < -0.3 is 14.4 Å². The lowest BCUT2D eigenvalue weighted by molar-refractivity contribution is -0.0858. The van der Waals surface area contributed by atoms with Gasteiger partial charge in [-0.05, 0) is 31.4 Å². The van der Waals surface area contributed by atoms with Crippen LogP contribution in [0.1, 0.15) is 25.1 Å². The number of hydrogen-bond donors (Lipinski definition) is 1. The zero-order chi connectivity index (χ0) is 12.6. The molecule has 0 saturated heterocycles. The van der Waals surface area contributed by atoms with Gasteiger partial charge in [-0.1, -0.05) is 5.16 Å². The largest absolute Gasteiger partial charge is 0.505 e. The van der Waals surface area contributed by atoms with E-state index in [0.717, 1.165) is 19.3 Å². The predicted octanol–water partition coefficient (Wildman–Crippen LogP) is 1.86. The van der Waals surface area contributed by atoms with E-state index in [1.165, 1.54) is 6.07 Å². The second-order valence-corrected chi connectivity index (χ2v) is 4.35. The zero-order valence-electron chi connectivity index (χ0n) is 9.96. The molecular weight excluding hydrogens is 234 g/mol. The first-order chi connectivity index (χ1) is 8.75. The lowest BCUT2D eigenvalue weighted by atomic mass is 9.79. The molecule has 2 heterocycles. The Hall–Kier alpha value is -1.95. The van der Waals surface area contributed by atoms with Gasteiger partial charge >= 0.3 is 0 Å².